The number of hydrogen-bond acceptors (Lipinski definition) is 3. The van der Waals surface area contributed by atoms with E-state index in [2.05, 4.69) is 11.4 Å². The van der Waals surface area contributed by atoms with E-state index in [9.17, 15) is 4.79 Å². The minimum atomic E-state index is -0.797. The third-order valence-corrected chi connectivity index (χ3v) is 3.21. The second-order valence-electron chi connectivity index (χ2n) is 4.98. The molecule has 0 aliphatic carbocycles. The van der Waals surface area contributed by atoms with Gasteiger partial charge in [0.2, 0.25) is 0 Å². The Hall–Kier alpha value is -1.55. The fourth-order valence-corrected chi connectivity index (χ4v) is 2.19. The lowest BCUT2D eigenvalue weighted by atomic mass is 10.0. The fraction of sp³-hybridized carbons (Fsp3) is 0.500. The Morgan fingerprint density at radius 1 is 1.50 bits per heavy atom. The fourth-order valence-electron chi connectivity index (χ4n) is 2.19. The SMILES string of the molecule is CC(C)[C@H](NCc1ccc2c(c1)CCO2)C(=O)O. The maximum atomic E-state index is 11.1. The number of carbonyl (C=O) groups is 1. The quantitative estimate of drug-likeness (QED) is 0.835. The molecule has 1 aromatic rings. The molecule has 1 aliphatic rings. The monoisotopic (exact) mass is 249 g/mol. The van der Waals surface area contributed by atoms with Crippen molar-refractivity contribution in [3.05, 3.63) is 29.3 Å². The predicted octanol–water partition coefficient (Wildman–Crippen LogP) is 1.82. The van der Waals surface area contributed by atoms with Gasteiger partial charge in [-0.2, -0.15) is 0 Å². The first-order valence-corrected chi connectivity index (χ1v) is 6.28. The van der Waals surface area contributed by atoms with E-state index in [0.29, 0.717) is 6.54 Å². The van der Waals surface area contributed by atoms with Gasteiger partial charge in [-0.15, -0.1) is 0 Å². The number of rotatable bonds is 5. The molecule has 4 nitrogen and oxygen atoms in total. The van der Waals surface area contributed by atoms with Crippen LogP contribution < -0.4 is 10.1 Å². The lowest BCUT2D eigenvalue weighted by Gasteiger charge is -2.18. The number of carboxylic acids is 1. The molecule has 0 amide bonds. The summed E-state index contributed by atoms with van der Waals surface area (Å²) in [6, 6.07) is 5.53. The Balaban J connectivity index is 1.99. The van der Waals surface area contributed by atoms with Crippen LogP contribution in [0.15, 0.2) is 18.2 Å². The van der Waals surface area contributed by atoms with Crippen LogP contribution in [0.1, 0.15) is 25.0 Å². The van der Waals surface area contributed by atoms with Crippen molar-refractivity contribution in [2.45, 2.75) is 32.9 Å². The van der Waals surface area contributed by atoms with E-state index in [1.807, 2.05) is 26.0 Å². The van der Waals surface area contributed by atoms with Crippen molar-refractivity contribution in [2.24, 2.45) is 5.92 Å². The minimum Gasteiger partial charge on any atom is -0.493 e. The molecular weight excluding hydrogens is 230 g/mol. The van der Waals surface area contributed by atoms with E-state index in [1.165, 1.54) is 5.56 Å². The van der Waals surface area contributed by atoms with Crippen LogP contribution in [0.4, 0.5) is 0 Å². The van der Waals surface area contributed by atoms with E-state index in [1.54, 1.807) is 0 Å². The number of carboxylic acid groups (broad SMARTS) is 1. The maximum Gasteiger partial charge on any atom is 0.320 e. The van der Waals surface area contributed by atoms with Crippen molar-refractivity contribution < 1.29 is 14.6 Å². The second kappa shape index (κ2) is 5.40. The van der Waals surface area contributed by atoms with Crippen LogP contribution in [0.3, 0.4) is 0 Å². The molecule has 1 aromatic carbocycles. The smallest absolute Gasteiger partial charge is 0.320 e. The molecule has 1 aliphatic heterocycles. The second-order valence-corrected chi connectivity index (χ2v) is 4.98. The number of ether oxygens (including phenoxy) is 1. The van der Waals surface area contributed by atoms with Crippen molar-refractivity contribution >= 4 is 5.97 Å². The van der Waals surface area contributed by atoms with Gasteiger partial charge in [0.25, 0.3) is 0 Å². The van der Waals surface area contributed by atoms with Crippen molar-refractivity contribution in [1.29, 1.82) is 0 Å². The lowest BCUT2D eigenvalue weighted by Crippen LogP contribution is -2.40. The Bertz CT molecular complexity index is 443. The van der Waals surface area contributed by atoms with Gasteiger partial charge in [-0.25, -0.2) is 0 Å². The number of benzene rings is 1. The van der Waals surface area contributed by atoms with Crippen molar-refractivity contribution in [3.8, 4) is 5.75 Å². The summed E-state index contributed by atoms with van der Waals surface area (Å²) in [7, 11) is 0. The molecular formula is C14H19NO3. The Kier molecular flexibility index (Phi) is 3.87. The number of fused-ring (bicyclic) bond motifs is 1. The van der Waals surface area contributed by atoms with E-state index in [4.69, 9.17) is 9.84 Å². The Morgan fingerprint density at radius 2 is 2.28 bits per heavy atom. The van der Waals surface area contributed by atoms with Crippen molar-refractivity contribution in [3.63, 3.8) is 0 Å². The van der Waals surface area contributed by atoms with E-state index >= 15 is 0 Å². The molecule has 4 heteroatoms. The summed E-state index contributed by atoms with van der Waals surface area (Å²) in [5.74, 6) is 0.229. The van der Waals surface area contributed by atoms with Crippen LogP contribution in [0.25, 0.3) is 0 Å². The average molecular weight is 249 g/mol. The van der Waals surface area contributed by atoms with Crippen LogP contribution in [-0.4, -0.2) is 23.7 Å². The molecule has 0 fully saturated rings. The van der Waals surface area contributed by atoms with Gasteiger partial charge in [0.05, 0.1) is 6.61 Å². The van der Waals surface area contributed by atoms with Gasteiger partial charge in [-0.05, 0) is 23.1 Å². The molecule has 18 heavy (non-hydrogen) atoms. The van der Waals surface area contributed by atoms with Gasteiger partial charge in [0, 0.05) is 13.0 Å². The first-order valence-electron chi connectivity index (χ1n) is 6.28. The Labute approximate surface area is 107 Å². The van der Waals surface area contributed by atoms with E-state index in [-0.39, 0.29) is 5.92 Å². The molecule has 2 N–H and O–H groups in total. The van der Waals surface area contributed by atoms with Crippen molar-refractivity contribution in [2.75, 3.05) is 6.61 Å². The summed E-state index contributed by atoms with van der Waals surface area (Å²) in [5.41, 5.74) is 2.32. The summed E-state index contributed by atoms with van der Waals surface area (Å²) in [6.45, 7) is 5.13. The van der Waals surface area contributed by atoms with Crippen LogP contribution in [0.5, 0.6) is 5.75 Å². The van der Waals surface area contributed by atoms with Gasteiger partial charge in [-0.1, -0.05) is 26.0 Å². The van der Waals surface area contributed by atoms with Gasteiger partial charge in [-0.3, -0.25) is 4.79 Å². The molecule has 0 saturated carbocycles. The van der Waals surface area contributed by atoms with Crippen LogP contribution >= 0.6 is 0 Å². The Morgan fingerprint density at radius 3 is 2.94 bits per heavy atom. The molecule has 0 aromatic heterocycles. The van der Waals surface area contributed by atoms with Gasteiger partial charge >= 0.3 is 5.97 Å². The maximum absolute atomic E-state index is 11.1. The summed E-state index contributed by atoms with van der Waals surface area (Å²) < 4.78 is 5.44. The third kappa shape index (κ3) is 2.82. The number of nitrogens with one attached hydrogen (secondary N) is 1. The highest BCUT2D eigenvalue weighted by Gasteiger charge is 2.20. The first kappa shape index (κ1) is 12.9. The highest BCUT2D eigenvalue weighted by atomic mass is 16.5. The molecule has 0 saturated heterocycles. The molecule has 1 atom stereocenters. The van der Waals surface area contributed by atoms with Crippen molar-refractivity contribution in [1.82, 2.24) is 5.32 Å². The summed E-state index contributed by atoms with van der Waals surface area (Å²) in [6.07, 6.45) is 0.940. The standard InChI is InChI=1S/C14H19NO3/c1-9(2)13(14(16)17)15-8-10-3-4-12-11(7-10)5-6-18-12/h3-4,7,9,13,15H,5-6,8H2,1-2H3,(H,16,17)/t13-/m0/s1. The highest BCUT2D eigenvalue weighted by Crippen LogP contribution is 2.25. The summed E-state index contributed by atoms with van der Waals surface area (Å²) >= 11 is 0. The molecule has 1 heterocycles. The topological polar surface area (TPSA) is 58.6 Å². The molecule has 0 bridgehead atoms. The molecule has 2 rings (SSSR count). The first-order chi connectivity index (χ1) is 8.58. The van der Waals surface area contributed by atoms with Gasteiger partial charge in [0.15, 0.2) is 0 Å². The zero-order valence-electron chi connectivity index (χ0n) is 10.8. The van der Waals surface area contributed by atoms with Gasteiger partial charge in [0.1, 0.15) is 11.8 Å². The average Bonchev–Trinajstić information content (AvgIpc) is 2.75. The molecule has 98 valence electrons. The van der Waals surface area contributed by atoms with Gasteiger partial charge < -0.3 is 15.2 Å². The van der Waals surface area contributed by atoms with Crippen LogP contribution in [-0.2, 0) is 17.8 Å². The molecule has 0 unspecified atom stereocenters. The van der Waals surface area contributed by atoms with Crippen LogP contribution in [0, 0.1) is 5.92 Å². The predicted molar refractivity (Wildman–Crippen MR) is 68.7 cm³/mol. The summed E-state index contributed by atoms with van der Waals surface area (Å²) in [4.78, 5) is 11.1. The minimum absolute atomic E-state index is 0.0697. The van der Waals surface area contributed by atoms with Crippen LogP contribution in [0.2, 0.25) is 0 Å². The van der Waals surface area contributed by atoms with E-state index < -0.39 is 12.0 Å². The normalized spacial score (nSPS) is 15.3. The van der Waals surface area contributed by atoms with E-state index in [0.717, 1.165) is 24.3 Å². The zero-order chi connectivity index (χ0) is 13.1. The third-order valence-electron chi connectivity index (χ3n) is 3.21. The number of hydrogen-bond donors (Lipinski definition) is 2. The lowest BCUT2D eigenvalue weighted by molar-refractivity contribution is -0.140. The largest absolute Gasteiger partial charge is 0.493 e. The zero-order valence-corrected chi connectivity index (χ0v) is 10.8. The summed E-state index contributed by atoms with van der Waals surface area (Å²) in [5, 5.41) is 12.2. The highest BCUT2D eigenvalue weighted by molar-refractivity contribution is 5.73. The molecule has 0 radical (unpaired) electrons. The molecule has 0 spiro atoms. The number of aliphatic carboxylic acids is 1.